The third kappa shape index (κ3) is 4.71. The van der Waals surface area contributed by atoms with E-state index in [2.05, 4.69) is 19.1 Å². The van der Waals surface area contributed by atoms with Gasteiger partial charge in [0, 0.05) is 5.92 Å². The largest absolute Gasteiger partial charge is 0.394 e. The molecule has 4 heteroatoms. The van der Waals surface area contributed by atoms with Crippen LogP contribution in [0.25, 0.3) is 0 Å². The number of ether oxygens (including phenoxy) is 3. The molecule has 0 spiro atoms. The number of hydrogen-bond acceptors (Lipinski definition) is 4. The van der Waals surface area contributed by atoms with E-state index in [0.29, 0.717) is 13.2 Å². The maximum absolute atomic E-state index is 9.81. The molecule has 2 aromatic carbocycles. The first-order chi connectivity index (χ1) is 12.7. The van der Waals surface area contributed by atoms with E-state index in [9.17, 15) is 5.11 Å². The Hall–Kier alpha value is -1.72. The van der Waals surface area contributed by atoms with Crippen molar-refractivity contribution in [3.8, 4) is 0 Å². The van der Waals surface area contributed by atoms with Crippen LogP contribution in [0.5, 0.6) is 0 Å². The van der Waals surface area contributed by atoms with Gasteiger partial charge in [0.1, 0.15) is 12.2 Å². The summed E-state index contributed by atoms with van der Waals surface area (Å²) >= 11 is 0. The van der Waals surface area contributed by atoms with Gasteiger partial charge in [-0.1, -0.05) is 67.6 Å². The van der Waals surface area contributed by atoms with Gasteiger partial charge < -0.3 is 19.3 Å². The van der Waals surface area contributed by atoms with E-state index in [1.165, 1.54) is 0 Å². The van der Waals surface area contributed by atoms with Gasteiger partial charge in [-0.25, -0.2) is 0 Å². The molecule has 3 rings (SSSR count). The van der Waals surface area contributed by atoms with Crippen LogP contribution in [-0.2, 0) is 27.4 Å². The molecule has 1 saturated heterocycles. The minimum atomic E-state index is -0.384. The van der Waals surface area contributed by atoms with E-state index in [-0.39, 0.29) is 36.9 Å². The first-order valence-electron chi connectivity index (χ1n) is 9.26. The molecular formula is C22H28O4. The van der Waals surface area contributed by atoms with Gasteiger partial charge in [0.15, 0.2) is 0 Å². The minimum Gasteiger partial charge on any atom is -0.394 e. The van der Waals surface area contributed by atoms with Crippen LogP contribution in [-0.4, -0.2) is 36.1 Å². The molecule has 2 unspecified atom stereocenters. The second-order valence-electron chi connectivity index (χ2n) is 6.94. The molecule has 1 N–H and O–H groups in total. The summed E-state index contributed by atoms with van der Waals surface area (Å²) in [6.07, 6.45) is -0.829. The molecule has 0 bridgehead atoms. The Labute approximate surface area is 155 Å². The molecule has 0 amide bonds. The Bertz CT molecular complexity index is 602. The first-order valence-corrected chi connectivity index (χ1v) is 9.26. The Balaban J connectivity index is 1.71. The smallest absolute Gasteiger partial charge is 0.113 e. The van der Waals surface area contributed by atoms with E-state index in [1.807, 2.05) is 55.5 Å². The molecular weight excluding hydrogens is 328 g/mol. The van der Waals surface area contributed by atoms with Crippen LogP contribution in [0, 0.1) is 5.92 Å². The third-order valence-corrected chi connectivity index (χ3v) is 5.09. The van der Waals surface area contributed by atoms with Crippen LogP contribution in [0.4, 0.5) is 0 Å². The lowest BCUT2D eigenvalue weighted by molar-refractivity contribution is -0.234. The highest BCUT2D eigenvalue weighted by molar-refractivity contribution is 5.14. The van der Waals surface area contributed by atoms with E-state index < -0.39 is 0 Å². The molecule has 2 aromatic rings. The number of hydrogen-bond donors (Lipinski definition) is 1. The van der Waals surface area contributed by atoms with E-state index in [4.69, 9.17) is 14.2 Å². The summed E-state index contributed by atoms with van der Waals surface area (Å²) in [5.74, 6) is 0.169. The fraction of sp³-hybridized carbons (Fsp3) is 0.455. The average molecular weight is 356 g/mol. The van der Waals surface area contributed by atoms with Gasteiger partial charge in [0.2, 0.25) is 0 Å². The second kappa shape index (κ2) is 9.28. The van der Waals surface area contributed by atoms with Crippen LogP contribution in [0.3, 0.4) is 0 Å². The maximum atomic E-state index is 9.81. The molecule has 0 aliphatic carbocycles. The molecule has 1 heterocycles. The standard InChI is InChI=1S/C22H28O4/c1-16-17(2)26-20(13-23)22(25-15-19-11-7-4-8-12-19)21(16)24-14-18-9-5-3-6-10-18/h3-12,16-17,20-23H,13-15H2,1-2H3/t16?,17-,20?,21+,22-/m0/s1. The van der Waals surface area contributed by atoms with Crippen LogP contribution >= 0.6 is 0 Å². The predicted octanol–water partition coefficient (Wildman–Crippen LogP) is 3.57. The van der Waals surface area contributed by atoms with Gasteiger partial charge in [0.25, 0.3) is 0 Å². The number of rotatable bonds is 7. The monoisotopic (exact) mass is 356 g/mol. The lowest BCUT2D eigenvalue weighted by Gasteiger charge is -2.44. The SMILES string of the molecule is CC1[C@H](C)OC(CO)[C@H](OCc2ccccc2)[C@@H]1OCc1ccccc1. The van der Waals surface area contributed by atoms with Gasteiger partial charge in [-0.2, -0.15) is 0 Å². The molecule has 1 aliphatic rings. The Morgan fingerprint density at radius 1 is 0.808 bits per heavy atom. The molecule has 4 nitrogen and oxygen atoms in total. The zero-order valence-corrected chi connectivity index (χ0v) is 15.5. The summed E-state index contributed by atoms with van der Waals surface area (Å²) in [4.78, 5) is 0. The molecule has 140 valence electrons. The van der Waals surface area contributed by atoms with Crippen LogP contribution in [0.2, 0.25) is 0 Å². The summed E-state index contributed by atoms with van der Waals surface area (Å²) in [7, 11) is 0. The molecule has 1 aliphatic heterocycles. The summed E-state index contributed by atoms with van der Waals surface area (Å²) in [5, 5.41) is 9.81. The molecule has 0 saturated carbocycles. The molecule has 0 radical (unpaired) electrons. The summed E-state index contributed by atoms with van der Waals surface area (Å²) in [5.41, 5.74) is 2.22. The lowest BCUT2D eigenvalue weighted by Crippen LogP contribution is -2.56. The van der Waals surface area contributed by atoms with E-state index >= 15 is 0 Å². The van der Waals surface area contributed by atoms with Gasteiger partial charge in [0.05, 0.1) is 32.0 Å². The van der Waals surface area contributed by atoms with E-state index in [0.717, 1.165) is 11.1 Å². The lowest BCUT2D eigenvalue weighted by atomic mass is 9.88. The normalized spacial score (nSPS) is 28.8. The van der Waals surface area contributed by atoms with E-state index in [1.54, 1.807) is 0 Å². The first kappa shape index (κ1) is 19.1. The predicted molar refractivity (Wildman–Crippen MR) is 101 cm³/mol. The fourth-order valence-electron chi connectivity index (χ4n) is 3.38. The van der Waals surface area contributed by atoms with Gasteiger partial charge in [-0.15, -0.1) is 0 Å². The zero-order valence-electron chi connectivity index (χ0n) is 15.5. The molecule has 26 heavy (non-hydrogen) atoms. The summed E-state index contributed by atoms with van der Waals surface area (Å²) < 4.78 is 18.4. The van der Waals surface area contributed by atoms with Crippen molar-refractivity contribution >= 4 is 0 Å². The number of aliphatic hydroxyl groups is 1. The number of benzene rings is 2. The highest BCUT2D eigenvalue weighted by atomic mass is 16.6. The Morgan fingerprint density at radius 3 is 1.81 bits per heavy atom. The highest BCUT2D eigenvalue weighted by Gasteiger charge is 2.43. The van der Waals surface area contributed by atoms with Crippen molar-refractivity contribution in [3.63, 3.8) is 0 Å². The Morgan fingerprint density at radius 2 is 1.31 bits per heavy atom. The van der Waals surface area contributed by atoms with Crippen LogP contribution in [0.1, 0.15) is 25.0 Å². The van der Waals surface area contributed by atoms with Crippen molar-refractivity contribution < 1.29 is 19.3 Å². The van der Waals surface area contributed by atoms with Gasteiger partial charge in [-0.05, 0) is 18.1 Å². The minimum absolute atomic E-state index is 0.00417. The van der Waals surface area contributed by atoms with Crippen molar-refractivity contribution in [2.24, 2.45) is 5.92 Å². The molecule has 1 fully saturated rings. The van der Waals surface area contributed by atoms with Crippen molar-refractivity contribution in [1.29, 1.82) is 0 Å². The van der Waals surface area contributed by atoms with Gasteiger partial charge >= 0.3 is 0 Å². The summed E-state index contributed by atoms with van der Waals surface area (Å²) in [6, 6.07) is 20.2. The van der Waals surface area contributed by atoms with Gasteiger partial charge in [-0.3, -0.25) is 0 Å². The fourth-order valence-corrected chi connectivity index (χ4v) is 3.38. The quantitative estimate of drug-likeness (QED) is 0.824. The van der Waals surface area contributed by atoms with Crippen LogP contribution in [0.15, 0.2) is 60.7 Å². The van der Waals surface area contributed by atoms with Crippen molar-refractivity contribution in [3.05, 3.63) is 71.8 Å². The maximum Gasteiger partial charge on any atom is 0.113 e. The highest BCUT2D eigenvalue weighted by Crippen LogP contribution is 2.31. The van der Waals surface area contributed by atoms with Crippen molar-refractivity contribution in [2.45, 2.75) is 51.5 Å². The number of aliphatic hydroxyl groups excluding tert-OH is 1. The molecule has 5 atom stereocenters. The zero-order chi connectivity index (χ0) is 18.4. The summed E-state index contributed by atoms with van der Waals surface area (Å²) in [6.45, 7) is 5.05. The van der Waals surface area contributed by atoms with Crippen molar-refractivity contribution in [2.75, 3.05) is 6.61 Å². The molecule has 0 aromatic heterocycles. The second-order valence-corrected chi connectivity index (χ2v) is 6.94. The average Bonchev–Trinajstić information content (AvgIpc) is 2.69. The topological polar surface area (TPSA) is 47.9 Å². The third-order valence-electron chi connectivity index (χ3n) is 5.09. The Kier molecular flexibility index (Phi) is 6.80. The van der Waals surface area contributed by atoms with Crippen LogP contribution < -0.4 is 0 Å². The van der Waals surface area contributed by atoms with Crippen molar-refractivity contribution in [1.82, 2.24) is 0 Å².